The van der Waals surface area contributed by atoms with Gasteiger partial charge >= 0.3 is 0 Å². The quantitative estimate of drug-likeness (QED) is 0.858. The zero-order chi connectivity index (χ0) is 19.7. The number of nitrogens with one attached hydrogen (secondary N) is 1. The number of para-hydroxylation sites is 1. The third-order valence-corrected chi connectivity index (χ3v) is 5.01. The molecule has 0 saturated carbocycles. The minimum Gasteiger partial charge on any atom is -0.366 e. The van der Waals surface area contributed by atoms with E-state index < -0.39 is 5.91 Å². The van der Waals surface area contributed by atoms with Gasteiger partial charge in [0.25, 0.3) is 5.91 Å². The molecule has 0 fully saturated rings. The Kier molecular flexibility index (Phi) is 4.77. The van der Waals surface area contributed by atoms with Crippen LogP contribution in [0.2, 0.25) is 0 Å². The molecule has 8 nitrogen and oxygen atoms in total. The number of fused-ring (bicyclic) bond motifs is 1. The van der Waals surface area contributed by atoms with E-state index in [-0.39, 0.29) is 29.6 Å². The number of benzene rings is 1. The molecule has 1 aromatic heterocycles. The van der Waals surface area contributed by atoms with Crippen LogP contribution in [-0.2, 0) is 4.79 Å². The van der Waals surface area contributed by atoms with E-state index in [2.05, 4.69) is 15.3 Å². The van der Waals surface area contributed by atoms with Crippen LogP contribution in [0.3, 0.4) is 0 Å². The lowest BCUT2D eigenvalue weighted by Crippen LogP contribution is -2.49. The van der Waals surface area contributed by atoms with E-state index >= 15 is 0 Å². The summed E-state index contributed by atoms with van der Waals surface area (Å²) in [5, 5.41) is 12.2. The lowest BCUT2D eigenvalue weighted by molar-refractivity contribution is -0.117. The minimum absolute atomic E-state index is 0.0157. The first-order valence-corrected chi connectivity index (χ1v) is 8.56. The van der Waals surface area contributed by atoms with Crippen LogP contribution in [0.4, 0.5) is 11.5 Å². The standard InChI is InChI=1S/C19H20N6O2/c1-10-11(2)25(12(3)26)18-14(5-4-6-15(18)19(21)27)17(10)24-16-9-22-13(7-20)8-23-16/h4-6,8-11,17H,1-3H3,(H2,21,27)(H,23,24). The first-order valence-electron chi connectivity index (χ1n) is 8.56. The number of hydrogen-bond donors (Lipinski definition) is 2. The minimum atomic E-state index is -0.586. The third kappa shape index (κ3) is 3.19. The van der Waals surface area contributed by atoms with Gasteiger partial charge in [0, 0.05) is 18.9 Å². The fourth-order valence-corrected chi connectivity index (χ4v) is 3.55. The maximum atomic E-state index is 12.3. The van der Waals surface area contributed by atoms with Gasteiger partial charge in [0.1, 0.15) is 11.9 Å². The van der Waals surface area contributed by atoms with Gasteiger partial charge in [-0.3, -0.25) is 9.59 Å². The zero-order valence-electron chi connectivity index (χ0n) is 15.3. The number of rotatable bonds is 3. The highest BCUT2D eigenvalue weighted by Crippen LogP contribution is 2.43. The molecular formula is C19H20N6O2. The van der Waals surface area contributed by atoms with Crippen molar-refractivity contribution in [3.05, 3.63) is 47.4 Å². The van der Waals surface area contributed by atoms with E-state index in [4.69, 9.17) is 11.0 Å². The van der Waals surface area contributed by atoms with E-state index in [1.807, 2.05) is 26.0 Å². The molecule has 3 rings (SSSR count). The number of hydrogen-bond acceptors (Lipinski definition) is 6. The number of nitrogens with zero attached hydrogens (tertiary/aromatic N) is 4. The second-order valence-electron chi connectivity index (χ2n) is 6.62. The van der Waals surface area contributed by atoms with Gasteiger partial charge in [-0.05, 0) is 18.6 Å². The van der Waals surface area contributed by atoms with Crippen molar-refractivity contribution in [2.75, 3.05) is 10.2 Å². The fourth-order valence-electron chi connectivity index (χ4n) is 3.55. The fraction of sp³-hybridized carbons (Fsp3) is 0.316. The average Bonchev–Trinajstić information content (AvgIpc) is 2.65. The molecule has 3 unspecified atom stereocenters. The lowest BCUT2D eigenvalue weighted by Gasteiger charge is -2.44. The molecule has 2 aromatic rings. The largest absolute Gasteiger partial charge is 0.366 e. The third-order valence-electron chi connectivity index (χ3n) is 5.01. The van der Waals surface area contributed by atoms with Crippen molar-refractivity contribution in [3.63, 3.8) is 0 Å². The molecule has 3 atom stereocenters. The van der Waals surface area contributed by atoms with Crippen LogP contribution in [0.15, 0.2) is 30.6 Å². The van der Waals surface area contributed by atoms with Crippen LogP contribution in [0.1, 0.15) is 48.4 Å². The first-order chi connectivity index (χ1) is 12.8. The van der Waals surface area contributed by atoms with Crippen LogP contribution >= 0.6 is 0 Å². The number of anilines is 2. The number of nitrogens with two attached hydrogens (primary N) is 1. The van der Waals surface area contributed by atoms with Gasteiger partial charge in [-0.15, -0.1) is 0 Å². The van der Waals surface area contributed by atoms with Gasteiger partial charge in [0.2, 0.25) is 5.91 Å². The van der Waals surface area contributed by atoms with Crippen LogP contribution in [0.5, 0.6) is 0 Å². The SMILES string of the molecule is CC(=O)N1c2c(C(N)=O)cccc2C(Nc2cnc(C#N)cn2)C(C)C1C. The second-order valence-corrected chi connectivity index (χ2v) is 6.62. The highest BCUT2D eigenvalue weighted by atomic mass is 16.2. The molecule has 0 bridgehead atoms. The van der Waals surface area contributed by atoms with Crippen molar-refractivity contribution >= 4 is 23.3 Å². The molecule has 3 N–H and O–H groups in total. The van der Waals surface area contributed by atoms with Gasteiger partial charge in [-0.2, -0.15) is 5.26 Å². The topological polar surface area (TPSA) is 125 Å². The normalized spacial score (nSPS) is 21.1. The average molecular weight is 364 g/mol. The molecule has 0 saturated heterocycles. The molecule has 138 valence electrons. The van der Waals surface area contributed by atoms with Crippen molar-refractivity contribution in [3.8, 4) is 6.07 Å². The lowest BCUT2D eigenvalue weighted by atomic mass is 9.81. The summed E-state index contributed by atoms with van der Waals surface area (Å²) in [4.78, 5) is 34.2. The zero-order valence-corrected chi connectivity index (χ0v) is 15.3. The van der Waals surface area contributed by atoms with Crippen molar-refractivity contribution < 1.29 is 9.59 Å². The molecule has 2 heterocycles. The van der Waals surface area contributed by atoms with Crippen molar-refractivity contribution in [1.29, 1.82) is 5.26 Å². The van der Waals surface area contributed by atoms with Crippen LogP contribution in [0.25, 0.3) is 0 Å². The molecule has 2 amide bonds. The number of aromatic nitrogens is 2. The molecule has 1 aliphatic heterocycles. The summed E-state index contributed by atoms with van der Waals surface area (Å²) in [6.07, 6.45) is 2.88. The number of carbonyl (C=O) groups excluding carboxylic acids is 2. The van der Waals surface area contributed by atoms with Gasteiger partial charge in [0.05, 0.1) is 29.7 Å². The molecule has 27 heavy (non-hydrogen) atoms. The predicted octanol–water partition coefficient (Wildman–Crippen LogP) is 1.99. The predicted molar refractivity (Wildman–Crippen MR) is 99.9 cm³/mol. The summed E-state index contributed by atoms with van der Waals surface area (Å²) in [5.41, 5.74) is 7.41. The maximum Gasteiger partial charge on any atom is 0.250 e. The molecule has 0 radical (unpaired) electrons. The van der Waals surface area contributed by atoms with E-state index in [0.717, 1.165) is 5.56 Å². The van der Waals surface area contributed by atoms with Gasteiger partial charge in [-0.1, -0.05) is 19.1 Å². The first kappa shape index (κ1) is 18.3. The highest BCUT2D eigenvalue weighted by Gasteiger charge is 2.40. The molecule has 0 spiro atoms. The number of nitriles is 1. The van der Waals surface area contributed by atoms with E-state index in [1.165, 1.54) is 19.3 Å². The van der Waals surface area contributed by atoms with E-state index in [0.29, 0.717) is 17.1 Å². The summed E-state index contributed by atoms with van der Waals surface area (Å²) in [6, 6.07) is 6.79. The van der Waals surface area contributed by atoms with Crippen molar-refractivity contribution in [2.24, 2.45) is 11.7 Å². The smallest absolute Gasteiger partial charge is 0.250 e. The Morgan fingerprint density at radius 1 is 1.26 bits per heavy atom. The van der Waals surface area contributed by atoms with Crippen LogP contribution in [0, 0.1) is 17.2 Å². The molecule has 1 aromatic carbocycles. The summed E-state index contributed by atoms with van der Waals surface area (Å²) in [7, 11) is 0. The number of carbonyl (C=O) groups is 2. The van der Waals surface area contributed by atoms with Crippen LogP contribution in [-0.4, -0.2) is 27.8 Å². The van der Waals surface area contributed by atoms with Gasteiger partial charge in [0.15, 0.2) is 5.69 Å². The van der Waals surface area contributed by atoms with E-state index in [1.54, 1.807) is 17.0 Å². The number of primary amides is 1. The Bertz CT molecular complexity index is 934. The summed E-state index contributed by atoms with van der Waals surface area (Å²) in [5.74, 6) is -0.218. The van der Waals surface area contributed by atoms with Gasteiger partial charge < -0.3 is 16.0 Å². The molecule has 8 heteroatoms. The maximum absolute atomic E-state index is 12.3. The summed E-state index contributed by atoms with van der Waals surface area (Å²) in [6.45, 7) is 5.44. The van der Waals surface area contributed by atoms with Crippen LogP contribution < -0.4 is 16.0 Å². The monoisotopic (exact) mass is 364 g/mol. The highest BCUT2D eigenvalue weighted by molar-refractivity contribution is 6.05. The van der Waals surface area contributed by atoms with E-state index in [9.17, 15) is 9.59 Å². The number of amides is 2. The van der Waals surface area contributed by atoms with Crippen molar-refractivity contribution in [2.45, 2.75) is 32.9 Å². The molecular weight excluding hydrogens is 344 g/mol. The van der Waals surface area contributed by atoms with Gasteiger partial charge in [-0.25, -0.2) is 9.97 Å². The Labute approximate surface area is 157 Å². The summed E-state index contributed by atoms with van der Waals surface area (Å²) < 4.78 is 0. The Morgan fingerprint density at radius 2 is 2.00 bits per heavy atom. The van der Waals surface area contributed by atoms with Crippen molar-refractivity contribution in [1.82, 2.24) is 9.97 Å². The second kappa shape index (κ2) is 7.03. The Balaban J connectivity index is 2.11. The molecule has 1 aliphatic rings. The Hall–Kier alpha value is -3.47. The Morgan fingerprint density at radius 3 is 2.56 bits per heavy atom. The molecule has 0 aliphatic carbocycles. The summed E-state index contributed by atoms with van der Waals surface area (Å²) >= 11 is 0.